The number of urea groups is 1. The fourth-order valence-corrected chi connectivity index (χ4v) is 3.82. The maximum atomic E-state index is 12.8. The third-order valence-electron chi connectivity index (χ3n) is 4.58. The minimum atomic E-state index is -0.694. The number of thiazole rings is 1. The molecule has 2 aliphatic rings. The van der Waals surface area contributed by atoms with Crippen LogP contribution in [-0.2, 0) is 48.7 Å². The predicted octanol–water partition coefficient (Wildman–Crippen LogP) is 0.364. The first kappa shape index (κ1) is 21.2. The monoisotopic (exact) mass is 453 g/mol. The van der Waals surface area contributed by atoms with Crippen LogP contribution in [0.1, 0.15) is 25.5 Å². The van der Waals surface area contributed by atoms with Crippen molar-refractivity contribution in [3.05, 3.63) is 23.1 Å². The van der Waals surface area contributed by atoms with Crippen LogP contribution in [0, 0.1) is 6.54 Å². The number of nitrogens with zero attached hydrogens (tertiary/aromatic N) is 3. The van der Waals surface area contributed by atoms with Crippen LogP contribution < -0.4 is 10.6 Å². The quantitative estimate of drug-likeness (QED) is 0.630. The maximum absolute atomic E-state index is 12.8. The Labute approximate surface area is 182 Å². The van der Waals surface area contributed by atoms with Crippen molar-refractivity contribution < 1.29 is 47.1 Å². The molecule has 1 aromatic rings. The van der Waals surface area contributed by atoms with Gasteiger partial charge in [0.1, 0.15) is 12.1 Å². The molecular formula is C16H22N5O3SY-. The summed E-state index contributed by atoms with van der Waals surface area (Å²) in [5.74, 6) is -0.465. The molecule has 0 saturated carbocycles. The third kappa shape index (κ3) is 4.61. The van der Waals surface area contributed by atoms with E-state index in [1.54, 1.807) is 24.4 Å². The van der Waals surface area contributed by atoms with Crippen LogP contribution in [0.4, 0.5) is 4.79 Å². The van der Waals surface area contributed by atoms with E-state index in [0.29, 0.717) is 13.0 Å². The number of nitrogens with one attached hydrogen (secondary N) is 2. The van der Waals surface area contributed by atoms with Gasteiger partial charge in [-0.15, -0.1) is 11.3 Å². The Kier molecular flexibility index (Phi) is 7.55. The van der Waals surface area contributed by atoms with Crippen LogP contribution in [0.2, 0.25) is 0 Å². The van der Waals surface area contributed by atoms with Crippen LogP contribution in [0.25, 0.3) is 0 Å². The Morgan fingerprint density at radius 3 is 2.85 bits per heavy atom. The number of likely N-dealkylation sites (N-methyl/N-ethyl adjacent to an activating group) is 1. The number of hydrogen-bond donors (Lipinski definition) is 2. The van der Waals surface area contributed by atoms with E-state index in [1.165, 1.54) is 16.2 Å². The minimum Gasteiger partial charge on any atom is -0.491 e. The molecule has 4 amide bonds. The largest absolute Gasteiger partial charge is 0.491 e. The van der Waals surface area contributed by atoms with E-state index < -0.39 is 12.1 Å². The first-order valence-electron chi connectivity index (χ1n) is 8.32. The summed E-state index contributed by atoms with van der Waals surface area (Å²) < 4.78 is 0. The molecule has 2 fully saturated rings. The summed E-state index contributed by atoms with van der Waals surface area (Å²) in [6, 6.07) is -1.94. The summed E-state index contributed by atoms with van der Waals surface area (Å²) >= 11 is 1.45. The Bertz CT molecular complexity index is 650. The van der Waals surface area contributed by atoms with Crippen molar-refractivity contribution in [2.75, 3.05) is 13.6 Å². The summed E-state index contributed by atoms with van der Waals surface area (Å²) in [4.78, 5) is 44.5. The molecule has 0 bridgehead atoms. The average molecular weight is 453 g/mol. The molecule has 26 heavy (non-hydrogen) atoms. The molecule has 2 N–H and O–H groups in total. The van der Waals surface area contributed by atoms with Crippen molar-refractivity contribution >= 4 is 29.2 Å². The standard InChI is InChI=1S/C16H22N5O3S.Y/c1-10-13(20(2)16(24)18-10)14(22)19-12(7-11-8-25-9-17-11)15(23)21-5-3-4-6-21;/h5,8-10,12-13H,3-4,6-7H2,1-2H3,(H,18,24)(H,19,22);/q-1;. The Hall–Kier alpha value is -1.06. The summed E-state index contributed by atoms with van der Waals surface area (Å²) in [7, 11) is 1.58. The van der Waals surface area contributed by atoms with Crippen molar-refractivity contribution in [3.63, 3.8) is 0 Å². The molecule has 139 valence electrons. The van der Waals surface area contributed by atoms with E-state index in [-0.39, 0.29) is 56.6 Å². The van der Waals surface area contributed by atoms with Crippen LogP contribution in [0.15, 0.2) is 10.9 Å². The molecule has 1 aromatic heterocycles. The zero-order chi connectivity index (χ0) is 18.0. The van der Waals surface area contributed by atoms with Crippen molar-refractivity contribution in [1.29, 1.82) is 0 Å². The topological polar surface area (TPSA) is 94.6 Å². The van der Waals surface area contributed by atoms with E-state index in [4.69, 9.17) is 0 Å². The molecule has 8 nitrogen and oxygen atoms in total. The van der Waals surface area contributed by atoms with Crippen LogP contribution in [0.5, 0.6) is 0 Å². The smallest absolute Gasteiger partial charge is 0.318 e. The van der Waals surface area contributed by atoms with Crippen molar-refractivity contribution in [3.8, 4) is 0 Å². The molecule has 3 unspecified atom stereocenters. The number of aromatic nitrogens is 1. The van der Waals surface area contributed by atoms with E-state index in [9.17, 15) is 14.4 Å². The minimum absolute atomic E-state index is 0. The van der Waals surface area contributed by atoms with Gasteiger partial charge in [0.15, 0.2) is 0 Å². The van der Waals surface area contributed by atoms with E-state index in [2.05, 4.69) is 15.6 Å². The van der Waals surface area contributed by atoms with Gasteiger partial charge in [0.05, 0.1) is 17.2 Å². The normalized spacial score (nSPS) is 23.4. The number of amides is 4. The van der Waals surface area contributed by atoms with Crippen LogP contribution in [-0.4, -0.2) is 64.3 Å². The van der Waals surface area contributed by atoms with Crippen LogP contribution in [0.3, 0.4) is 0 Å². The molecule has 2 saturated heterocycles. The molecule has 3 atom stereocenters. The molecule has 2 aliphatic heterocycles. The number of carbonyl (C=O) groups is 3. The van der Waals surface area contributed by atoms with Gasteiger partial charge in [-0.25, -0.2) is 16.3 Å². The van der Waals surface area contributed by atoms with Gasteiger partial charge in [-0.3, -0.25) is 9.59 Å². The Morgan fingerprint density at radius 2 is 2.31 bits per heavy atom. The molecular weight excluding hydrogens is 431 g/mol. The van der Waals surface area contributed by atoms with Gasteiger partial charge in [-0.1, -0.05) is 6.42 Å². The number of hydrogen-bond acceptors (Lipinski definition) is 5. The van der Waals surface area contributed by atoms with Gasteiger partial charge in [0.25, 0.3) is 0 Å². The SMILES string of the molecule is CC1NC(=O)N(C)C1C(=O)NC(Cc1cscn1)C(=O)N1[CH-]CCC1.[Y]. The zero-order valence-electron chi connectivity index (χ0n) is 14.8. The fourth-order valence-electron chi connectivity index (χ4n) is 3.25. The number of rotatable bonds is 5. The molecule has 0 aliphatic carbocycles. The van der Waals surface area contributed by atoms with Gasteiger partial charge in [0.2, 0.25) is 11.8 Å². The van der Waals surface area contributed by atoms with Crippen molar-refractivity contribution in [1.82, 2.24) is 25.4 Å². The Balaban J connectivity index is 0.00000243. The van der Waals surface area contributed by atoms with Gasteiger partial charge in [0, 0.05) is 51.6 Å². The van der Waals surface area contributed by atoms with Crippen LogP contribution >= 0.6 is 11.3 Å². The second kappa shape index (κ2) is 9.24. The summed E-state index contributed by atoms with van der Waals surface area (Å²) in [6.07, 6.45) is 2.14. The van der Waals surface area contributed by atoms with Crippen molar-refractivity contribution in [2.45, 2.75) is 44.3 Å². The average Bonchev–Trinajstić information content (AvgIpc) is 3.30. The maximum Gasteiger partial charge on any atom is 0.318 e. The van der Waals surface area contributed by atoms with Gasteiger partial charge < -0.3 is 20.4 Å². The molecule has 3 rings (SSSR count). The third-order valence-corrected chi connectivity index (χ3v) is 5.21. The predicted molar refractivity (Wildman–Crippen MR) is 92.5 cm³/mol. The molecule has 0 spiro atoms. The van der Waals surface area contributed by atoms with Gasteiger partial charge >= 0.3 is 6.03 Å². The number of likely N-dealkylation sites (tertiary alicyclic amines) is 1. The first-order chi connectivity index (χ1) is 12.0. The van der Waals surface area contributed by atoms with Gasteiger partial charge in [-0.05, 0) is 13.5 Å². The first-order valence-corrected chi connectivity index (χ1v) is 9.26. The van der Waals surface area contributed by atoms with E-state index in [1.807, 2.05) is 11.9 Å². The van der Waals surface area contributed by atoms with Crippen molar-refractivity contribution in [2.24, 2.45) is 0 Å². The number of carbonyl (C=O) groups excluding carboxylic acids is 3. The molecule has 1 radical (unpaired) electrons. The second-order valence-electron chi connectivity index (χ2n) is 6.40. The van der Waals surface area contributed by atoms with E-state index in [0.717, 1.165) is 18.5 Å². The molecule has 3 heterocycles. The zero-order valence-corrected chi connectivity index (χ0v) is 18.5. The summed E-state index contributed by atoms with van der Waals surface area (Å²) in [6.45, 7) is 4.32. The Morgan fingerprint density at radius 1 is 1.54 bits per heavy atom. The fraction of sp³-hybridized carbons (Fsp3) is 0.562. The molecule has 0 aromatic carbocycles. The molecule has 10 heteroatoms. The van der Waals surface area contributed by atoms with Gasteiger partial charge in [-0.2, -0.15) is 6.42 Å². The second-order valence-corrected chi connectivity index (χ2v) is 7.11. The van der Waals surface area contributed by atoms with E-state index >= 15 is 0 Å². The summed E-state index contributed by atoms with van der Waals surface area (Å²) in [5, 5.41) is 7.42. The summed E-state index contributed by atoms with van der Waals surface area (Å²) in [5.41, 5.74) is 2.47.